The largest absolute Gasteiger partial charge is 0.399 e. The molecule has 0 fully saturated rings. The van der Waals surface area contributed by atoms with Gasteiger partial charge in [0.25, 0.3) is 0 Å². The van der Waals surface area contributed by atoms with Crippen LogP contribution in [-0.2, 0) is 6.54 Å². The van der Waals surface area contributed by atoms with Crippen molar-refractivity contribution in [3.63, 3.8) is 0 Å². The van der Waals surface area contributed by atoms with Crippen LogP contribution in [0.5, 0.6) is 0 Å². The molecule has 0 saturated carbocycles. The quantitative estimate of drug-likeness (QED) is 0.707. The maximum absolute atomic E-state index is 13.6. The van der Waals surface area contributed by atoms with E-state index in [-0.39, 0.29) is 16.1 Å². The Labute approximate surface area is 142 Å². The summed E-state index contributed by atoms with van der Waals surface area (Å²) in [4.78, 5) is 0. The summed E-state index contributed by atoms with van der Waals surface area (Å²) < 4.78 is 53.7. The Balaban J connectivity index is 2.37. The first-order chi connectivity index (χ1) is 11.2. The van der Waals surface area contributed by atoms with Crippen LogP contribution in [0, 0.1) is 12.7 Å². The number of aryl methyl sites for hydroxylation is 1. The number of hydrogen-bond donors (Lipinski definition) is 1. The number of allylic oxidation sites excluding steroid dienone is 1. The van der Waals surface area contributed by atoms with Crippen molar-refractivity contribution < 1.29 is 17.6 Å². The molecule has 0 saturated heterocycles. The van der Waals surface area contributed by atoms with Crippen molar-refractivity contribution in [2.24, 2.45) is 5.73 Å². The summed E-state index contributed by atoms with van der Waals surface area (Å²) in [6.07, 6.45) is -2.09. The smallest absolute Gasteiger partial charge is 0.326 e. The van der Waals surface area contributed by atoms with Gasteiger partial charge in [-0.15, -0.1) is 0 Å². The third-order valence-corrected chi connectivity index (χ3v) is 3.92. The summed E-state index contributed by atoms with van der Waals surface area (Å²) in [5, 5.41) is -0.319. The van der Waals surface area contributed by atoms with Gasteiger partial charge >= 0.3 is 6.18 Å². The SMILES string of the molecule is Cc1cc(C(/C=C/c2ccc(CN)cc2)C(F)(F)F)cc(Cl)c1F. The first-order valence-corrected chi connectivity index (χ1v) is 7.59. The van der Waals surface area contributed by atoms with Gasteiger partial charge in [-0.1, -0.05) is 54.1 Å². The van der Waals surface area contributed by atoms with Gasteiger partial charge in [0.15, 0.2) is 0 Å². The molecule has 0 aliphatic rings. The van der Waals surface area contributed by atoms with Crippen molar-refractivity contribution in [2.75, 3.05) is 0 Å². The lowest BCUT2D eigenvalue weighted by Gasteiger charge is -2.18. The van der Waals surface area contributed by atoms with Gasteiger partial charge in [-0.2, -0.15) is 13.2 Å². The fraction of sp³-hybridized carbons (Fsp3) is 0.222. The van der Waals surface area contributed by atoms with E-state index in [0.717, 1.165) is 17.7 Å². The van der Waals surface area contributed by atoms with Gasteiger partial charge < -0.3 is 5.73 Å². The van der Waals surface area contributed by atoms with Crippen LogP contribution in [0.4, 0.5) is 17.6 Å². The molecule has 6 heteroatoms. The molecule has 1 atom stereocenters. The molecule has 2 rings (SSSR count). The van der Waals surface area contributed by atoms with E-state index in [0.29, 0.717) is 12.1 Å². The Morgan fingerprint density at radius 1 is 1.17 bits per heavy atom. The molecule has 0 aromatic heterocycles. The number of benzene rings is 2. The number of alkyl halides is 3. The van der Waals surface area contributed by atoms with Crippen molar-refractivity contribution in [1.29, 1.82) is 0 Å². The molecule has 128 valence electrons. The number of hydrogen-bond acceptors (Lipinski definition) is 1. The number of nitrogens with two attached hydrogens (primary N) is 1. The monoisotopic (exact) mass is 357 g/mol. The van der Waals surface area contributed by atoms with Gasteiger partial charge in [-0.05, 0) is 35.2 Å². The summed E-state index contributed by atoms with van der Waals surface area (Å²) in [6, 6.07) is 9.07. The minimum absolute atomic E-state index is 0.0763. The third kappa shape index (κ3) is 4.36. The maximum atomic E-state index is 13.6. The molecular weight excluding hydrogens is 342 g/mol. The molecule has 0 heterocycles. The van der Waals surface area contributed by atoms with E-state index in [4.69, 9.17) is 17.3 Å². The van der Waals surface area contributed by atoms with E-state index in [2.05, 4.69) is 0 Å². The van der Waals surface area contributed by atoms with Crippen LogP contribution in [0.1, 0.15) is 28.2 Å². The van der Waals surface area contributed by atoms with Gasteiger partial charge in [-0.25, -0.2) is 4.39 Å². The fourth-order valence-electron chi connectivity index (χ4n) is 2.31. The standard InChI is InChI=1S/C18H16ClF4N/c1-11-8-14(9-16(19)17(11)20)15(18(21,22)23)7-6-12-2-4-13(10-24)5-3-12/h2-9,15H,10,24H2,1H3/b7-6+. The summed E-state index contributed by atoms with van der Waals surface area (Å²) in [5.41, 5.74) is 6.97. The maximum Gasteiger partial charge on any atom is 0.399 e. The van der Waals surface area contributed by atoms with E-state index in [1.54, 1.807) is 24.3 Å². The fourth-order valence-corrected chi connectivity index (χ4v) is 2.59. The molecule has 0 aliphatic carbocycles. The van der Waals surface area contributed by atoms with Gasteiger partial charge in [0.2, 0.25) is 0 Å². The molecule has 24 heavy (non-hydrogen) atoms. The van der Waals surface area contributed by atoms with Crippen LogP contribution in [0.3, 0.4) is 0 Å². The van der Waals surface area contributed by atoms with E-state index in [9.17, 15) is 17.6 Å². The number of rotatable bonds is 4. The van der Waals surface area contributed by atoms with E-state index in [1.165, 1.54) is 19.1 Å². The molecule has 0 radical (unpaired) electrons. The highest BCUT2D eigenvalue weighted by atomic mass is 35.5. The third-order valence-electron chi connectivity index (χ3n) is 3.64. The number of halogens is 5. The van der Waals surface area contributed by atoms with Gasteiger partial charge in [0, 0.05) is 6.54 Å². The minimum atomic E-state index is -4.51. The zero-order valence-electron chi connectivity index (χ0n) is 12.9. The first-order valence-electron chi connectivity index (χ1n) is 7.22. The first kappa shape index (κ1) is 18.5. The summed E-state index contributed by atoms with van der Waals surface area (Å²) >= 11 is 5.69. The molecule has 0 aliphatic heterocycles. The van der Waals surface area contributed by atoms with Gasteiger partial charge in [0.05, 0.1) is 10.9 Å². The van der Waals surface area contributed by atoms with Crippen LogP contribution in [0.15, 0.2) is 42.5 Å². The zero-order valence-corrected chi connectivity index (χ0v) is 13.6. The van der Waals surface area contributed by atoms with E-state index >= 15 is 0 Å². The molecule has 2 aromatic rings. The van der Waals surface area contributed by atoms with Crippen molar-refractivity contribution in [3.05, 3.63) is 75.6 Å². The lowest BCUT2D eigenvalue weighted by molar-refractivity contribution is -0.139. The van der Waals surface area contributed by atoms with Crippen molar-refractivity contribution in [2.45, 2.75) is 25.6 Å². The topological polar surface area (TPSA) is 26.0 Å². The average Bonchev–Trinajstić information content (AvgIpc) is 2.52. The molecule has 0 amide bonds. The highest BCUT2D eigenvalue weighted by Gasteiger charge is 2.39. The lowest BCUT2D eigenvalue weighted by atomic mass is 9.95. The molecule has 0 spiro atoms. The van der Waals surface area contributed by atoms with Crippen LogP contribution in [0.25, 0.3) is 6.08 Å². The van der Waals surface area contributed by atoms with Crippen LogP contribution >= 0.6 is 11.6 Å². The summed E-state index contributed by atoms with van der Waals surface area (Å²) in [5.74, 6) is -2.58. The Hall–Kier alpha value is -1.85. The zero-order chi connectivity index (χ0) is 17.9. The Morgan fingerprint density at radius 3 is 2.29 bits per heavy atom. The molecule has 1 nitrogen and oxygen atoms in total. The summed E-state index contributed by atoms with van der Waals surface area (Å²) in [6.45, 7) is 1.75. The van der Waals surface area contributed by atoms with Crippen LogP contribution < -0.4 is 5.73 Å². The predicted molar refractivity (Wildman–Crippen MR) is 88.3 cm³/mol. The predicted octanol–water partition coefficient (Wildman–Crippen LogP) is 5.61. The minimum Gasteiger partial charge on any atom is -0.326 e. The van der Waals surface area contributed by atoms with E-state index in [1.807, 2.05) is 0 Å². The molecule has 1 unspecified atom stereocenters. The lowest BCUT2D eigenvalue weighted by Crippen LogP contribution is -2.19. The summed E-state index contributed by atoms with van der Waals surface area (Å²) in [7, 11) is 0. The normalized spacial score (nSPS) is 13.5. The molecule has 2 aromatic carbocycles. The van der Waals surface area contributed by atoms with Crippen molar-refractivity contribution in [1.82, 2.24) is 0 Å². The average molecular weight is 358 g/mol. The van der Waals surface area contributed by atoms with Crippen molar-refractivity contribution in [3.8, 4) is 0 Å². The Morgan fingerprint density at radius 2 is 1.79 bits per heavy atom. The molecule has 0 bridgehead atoms. The second kappa shape index (κ2) is 7.36. The highest BCUT2D eigenvalue weighted by molar-refractivity contribution is 6.30. The second-order valence-corrected chi connectivity index (χ2v) is 5.86. The molecule has 2 N–H and O–H groups in total. The van der Waals surface area contributed by atoms with Gasteiger partial charge in [-0.3, -0.25) is 0 Å². The second-order valence-electron chi connectivity index (χ2n) is 5.46. The highest BCUT2D eigenvalue weighted by Crippen LogP contribution is 2.38. The van der Waals surface area contributed by atoms with Crippen LogP contribution in [-0.4, -0.2) is 6.18 Å². The van der Waals surface area contributed by atoms with Crippen molar-refractivity contribution >= 4 is 17.7 Å². The van der Waals surface area contributed by atoms with Crippen LogP contribution in [0.2, 0.25) is 5.02 Å². The molecular formula is C18H16ClF4N. The van der Waals surface area contributed by atoms with Gasteiger partial charge in [0.1, 0.15) is 5.82 Å². The van der Waals surface area contributed by atoms with E-state index < -0.39 is 17.9 Å². The Bertz CT molecular complexity index is 713. The Kier molecular flexibility index (Phi) is 5.67.